The Morgan fingerprint density at radius 1 is 1.08 bits per heavy atom. The number of aliphatic hydroxyl groups excluding tert-OH is 1. The number of Topliss-reactive ketones (excluding diaryl/α,β-unsaturated/α-hetero) is 2. The summed E-state index contributed by atoms with van der Waals surface area (Å²) in [5, 5.41) is 25.0. The molecule has 2 saturated carbocycles. The van der Waals surface area contributed by atoms with Crippen LogP contribution in [0.15, 0.2) is 34.9 Å². The summed E-state index contributed by atoms with van der Waals surface area (Å²) in [7, 11) is 2.00. The fourth-order valence-electron chi connectivity index (χ4n) is 10.7. The van der Waals surface area contributed by atoms with E-state index in [1.54, 1.807) is 0 Å². The van der Waals surface area contributed by atoms with Crippen LogP contribution in [-0.4, -0.2) is 85.6 Å². The van der Waals surface area contributed by atoms with Crippen LogP contribution in [0.1, 0.15) is 97.3 Å². The maximum absolute atomic E-state index is 14.4. The average Bonchev–Trinajstić information content (AvgIpc) is 3.85. The van der Waals surface area contributed by atoms with Gasteiger partial charge in [0.25, 0.3) is 5.60 Å². The third-order valence-corrected chi connectivity index (χ3v) is 13.7. The lowest BCUT2D eigenvalue weighted by molar-refractivity contribution is -0.160. The van der Waals surface area contributed by atoms with E-state index in [0.717, 1.165) is 82.9 Å². The molecule has 5 N–H and O–H groups in total. The predicted molar refractivity (Wildman–Crippen MR) is 191 cm³/mol. The molecule has 50 heavy (non-hydrogen) atoms. The first-order chi connectivity index (χ1) is 24.3. The van der Waals surface area contributed by atoms with Gasteiger partial charge in [-0.3, -0.25) is 14.9 Å². The van der Waals surface area contributed by atoms with Crippen molar-refractivity contribution in [2.45, 2.75) is 127 Å². The Hall–Kier alpha value is -2.21. The molecule has 4 aliphatic carbocycles. The summed E-state index contributed by atoms with van der Waals surface area (Å²) in [4.78, 5) is 43.1. The van der Waals surface area contributed by atoms with E-state index in [-0.39, 0.29) is 43.2 Å². The fraction of sp³-hybridized carbons (Fsp3) is 0.775. The summed E-state index contributed by atoms with van der Waals surface area (Å²) < 4.78 is 12.4. The largest absolute Gasteiger partial charge is 0.463 e. The number of carbonyl (C=O) groups excluding carboxylic acids is 3. The molecule has 10 nitrogen and oxygen atoms in total. The van der Waals surface area contributed by atoms with Gasteiger partial charge in [0.2, 0.25) is 0 Å². The fourth-order valence-corrected chi connectivity index (χ4v) is 10.7. The Balaban J connectivity index is 1.09. The molecule has 7 aliphatic rings. The van der Waals surface area contributed by atoms with E-state index >= 15 is 0 Å². The summed E-state index contributed by atoms with van der Waals surface area (Å²) in [6.07, 6.45) is 18.6. The number of allylic oxidation sites excluding steroid dienone is 4. The normalized spacial score (nSPS) is 41.2. The minimum atomic E-state index is -1.92. The highest BCUT2D eigenvalue weighted by Gasteiger charge is 2.87. The number of fused-ring (bicyclic) bond motifs is 4. The molecule has 0 aromatic carbocycles. The predicted octanol–water partition coefficient (Wildman–Crippen LogP) is 3.85. The number of likely N-dealkylation sites (N-methyl/N-ethyl adjacent to an activating group) is 1. The highest BCUT2D eigenvalue weighted by Crippen LogP contribution is 2.62. The number of hydrogen-bond donors (Lipinski definition) is 5. The molecular weight excluding hydrogens is 632 g/mol. The molecule has 5 unspecified atom stereocenters. The van der Waals surface area contributed by atoms with Gasteiger partial charge >= 0.3 is 5.97 Å². The van der Waals surface area contributed by atoms with Crippen molar-refractivity contribution < 1.29 is 29.0 Å². The third kappa shape index (κ3) is 6.40. The van der Waals surface area contributed by atoms with Crippen molar-refractivity contribution in [3.05, 3.63) is 34.9 Å². The first kappa shape index (κ1) is 36.2. The molecule has 0 radical (unpaired) electrons. The van der Waals surface area contributed by atoms with E-state index < -0.39 is 29.0 Å². The van der Waals surface area contributed by atoms with Crippen LogP contribution in [0.5, 0.6) is 0 Å². The van der Waals surface area contributed by atoms with E-state index in [0.29, 0.717) is 48.5 Å². The van der Waals surface area contributed by atoms with Crippen molar-refractivity contribution in [3.63, 3.8) is 0 Å². The Bertz CT molecular complexity index is 1410. The molecule has 7 rings (SSSR count). The van der Waals surface area contributed by atoms with Gasteiger partial charge in [0.1, 0.15) is 0 Å². The topological polar surface area (TPSA) is 141 Å². The van der Waals surface area contributed by atoms with Crippen molar-refractivity contribution in [3.8, 4) is 0 Å². The maximum Gasteiger partial charge on any atom is 0.350 e. The lowest BCUT2D eigenvalue weighted by Crippen LogP contribution is -2.62. The summed E-state index contributed by atoms with van der Waals surface area (Å²) in [5.41, 5.74) is -0.429. The summed E-state index contributed by atoms with van der Waals surface area (Å²) in [5.74, 6) is -0.494. The summed E-state index contributed by atoms with van der Waals surface area (Å²) in [6, 6.07) is 0.0616. The molecule has 3 heterocycles. The second-order valence-electron chi connectivity index (χ2n) is 16.3. The number of rotatable bonds is 12. The molecule has 0 spiro atoms. The zero-order chi connectivity index (χ0) is 35.0. The Morgan fingerprint density at radius 2 is 1.88 bits per heavy atom. The van der Waals surface area contributed by atoms with Gasteiger partial charge in [-0.25, -0.2) is 4.79 Å². The maximum atomic E-state index is 14.4. The number of ketones is 2. The Kier molecular flexibility index (Phi) is 10.9. The van der Waals surface area contributed by atoms with Gasteiger partial charge < -0.3 is 30.5 Å². The van der Waals surface area contributed by atoms with E-state index in [9.17, 15) is 19.5 Å². The average molecular weight is 693 g/mol. The smallest absolute Gasteiger partial charge is 0.350 e. The lowest BCUT2D eigenvalue weighted by atomic mass is 9.60. The van der Waals surface area contributed by atoms with Crippen molar-refractivity contribution in [2.75, 3.05) is 33.4 Å². The second-order valence-corrected chi connectivity index (χ2v) is 16.3. The summed E-state index contributed by atoms with van der Waals surface area (Å²) in [6.45, 7) is 5.80. The highest BCUT2D eigenvalue weighted by molar-refractivity contribution is 6.23. The molecule has 11 atom stereocenters. The van der Waals surface area contributed by atoms with Crippen LogP contribution < -0.4 is 21.3 Å². The standard InChI is InChI=1S/C40H60N4O6/c1-4-42-33-20-27-10-6-5-9-26(27)19-28(33)23-49-38(48)40-36(47)32-12-8-7-11-31(32)35(46)39(40,50-40)21-29(22-45)24(2)13-14-25-17-18-43-37-30(25)15-16-34(41-3)44-37/h6,10,20,25-26,28,30-34,37,41-45H,4-5,7-9,11-19,21-23H2,1-3H3/t25?,26-,28-,30?,31?,32?,33-,34+,37?,39-,40-/m0/s1. The number of nitrogens with one attached hydrogen (secondary N) is 4. The van der Waals surface area contributed by atoms with Gasteiger partial charge in [0.05, 0.1) is 25.5 Å². The van der Waals surface area contributed by atoms with Crippen LogP contribution in [0.2, 0.25) is 0 Å². The van der Waals surface area contributed by atoms with Crippen LogP contribution in [-0.2, 0) is 23.9 Å². The zero-order valence-corrected chi connectivity index (χ0v) is 30.4. The van der Waals surface area contributed by atoms with Crippen LogP contribution in [0, 0.1) is 35.5 Å². The number of esters is 1. The van der Waals surface area contributed by atoms with Gasteiger partial charge in [-0.1, -0.05) is 43.6 Å². The van der Waals surface area contributed by atoms with E-state index in [1.165, 1.54) is 5.57 Å². The second kappa shape index (κ2) is 15.0. The van der Waals surface area contributed by atoms with Crippen LogP contribution in [0.3, 0.4) is 0 Å². The number of ether oxygens (including phenoxy) is 2. The van der Waals surface area contributed by atoms with Crippen LogP contribution in [0.4, 0.5) is 0 Å². The molecule has 3 saturated heterocycles. The van der Waals surface area contributed by atoms with Gasteiger partial charge in [0.15, 0.2) is 17.2 Å². The van der Waals surface area contributed by atoms with E-state index in [4.69, 9.17) is 9.47 Å². The monoisotopic (exact) mass is 692 g/mol. The van der Waals surface area contributed by atoms with Gasteiger partial charge in [-0.15, -0.1) is 0 Å². The quantitative estimate of drug-likeness (QED) is 0.0887. The molecular formula is C40H60N4O6. The molecule has 0 bridgehead atoms. The SMILES string of the molecule is CCN[C@H]1C=C2C=CCC[C@H]2C[C@H]1COC(=O)[C@]12O[C@@]1(CC(CO)=C(C)CCC1CCNC3N[C@@H](NC)CCC13)C(=O)C1CCCCC1C2=O. The first-order valence-electron chi connectivity index (χ1n) is 19.8. The number of epoxide rings is 1. The van der Waals surface area contributed by atoms with Crippen LogP contribution in [0.25, 0.3) is 0 Å². The molecule has 0 amide bonds. The van der Waals surface area contributed by atoms with Crippen molar-refractivity contribution in [2.24, 2.45) is 35.5 Å². The van der Waals surface area contributed by atoms with Gasteiger partial charge in [0, 0.05) is 30.2 Å². The zero-order valence-electron chi connectivity index (χ0n) is 30.4. The molecule has 3 aliphatic heterocycles. The van der Waals surface area contributed by atoms with Crippen molar-refractivity contribution in [1.82, 2.24) is 21.3 Å². The van der Waals surface area contributed by atoms with E-state index in [2.05, 4.69) is 46.4 Å². The number of hydrogen-bond acceptors (Lipinski definition) is 10. The van der Waals surface area contributed by atoms with Crippen molar-refractivity contribution >= 4 is 17.5 Å². The summed E-state index contributed by atoms with van der Waals surface area (Å²) >= 11 is 0. The third-order valence-electron chi connectivity index (χ3n) is 13.7. The molecule has 0 aromatic rings. The van der Waals surface area contributed by atoms with Gasteiger partial charge in [-0.2, -0.15) is 0 Å². The van der Waals surface area contributed by atoms with E-state index in [1.807, 2.05) is 14.0 Å². The highest BCUT2D eigenvalue weighted by atomic mass is 16.7. The Morgan fingerprint density at radius 3 is 2.64 bits per heavy atom. The number of piperidine rings is 2. The van der Waals surface area contributed by atoms with Crippen molar-refractivity contribution in [1.29, 1.82) is 0 Å². The molecule has 276 valence electrons. The molecule has 0 aromatic heterocycles. The molecule has 5 fully saturated rings. The number of carbonyl (C=O) groups is 3. The van der Waals surface area contributed by atoms with Gasteiger partial charge in [-0.05, 0) is 120 Å². The lowest BCUT2D eigenvalue weighted by Gasteiger charge is -2.45. The first-order valence-corrected chi connectivity index (χ1v) is 19.8. The number of aliphatic hydroxyl groups is 1. The minimum absolute atomic E-state index is 0.0614. The van der Waals surface area contributed by atoms with Crippen LogP contribution >= 0.6 is 0 Å². The minimum Gasteiger partial charge on any atom is -0.463 e. The Labute approximate surface area is 298 Å². The molecule has 10 heteroatoms.